The molecular formula is C22H23ClN2O2. The van der Waals surface area contributed by atoms with Crippen molar-refractivity contribution >= 4 is 34.0 Å². The number of amides is 1. The van der Waals surface area contributed by atoms with Crippen LogP contribution in [-0.2, 0) is 11.3 Å². The topological polar surface area (TPSA) is 41.6 Å². The summed E-state index contributed by atoms with van der Waals surface area (Å²) >= 11 is 6.01. The van der Waals surface area contributed by atoms with Crippen molar-refractivity contribution in [1.29, 1.82) is 0 Å². The minimum absolute atomic E-state index is 0.0617. The molecule has 3 aromatic rings. The van der Waals surface area contributed by atoms with E-state index in [0.717, 1.165) is 33.3 Å². The van der Waals surface area contributed by atoms with E-state index in [1.807, 2.05) is 49.2 Å². The van der Waals surface area contributed by atoms with Crippen LogP contribution in [-0.4, -0.2) is 31.5 Å². The fraction of sp³-hybridized carbons (Fsp3) is 0.227. The molecular weight excluding hydrogens is 360 g/mol. The molecule has 1 N–H and O–H groups in total. The average Bonchev–Trinajstić information content (AvgIpc) is 2.64. The summed E-state index contributed by atoms with van der Waals surface area (Å²) in [4.78, 5) is 14.3. The molecule has 0 aliphatic heterocycles. The van der Waals surface area contributed by atoms with Crippen LogP contribution in [0, 0.1) is 6.92 Å². The second kappa shape index (κ2) is 8.42. The number of ether oxygens (including phenoxy) is 1. The van der Waals surface area contributed by atoms with Gasteiger partial charge in [0.15, 0.2) is 0 Å². The van der Waals surface area contributed by atoms with Gasteiger partial charge in [0.1, 0.15) is 5.75 Å². The Balaban J connectivity index is 1.63. The number of aryl methyl sites for hydroxylation is 1. The molecule has 0 radical (unpaired) electrons. The normalized spacial score (nSPS) is 11.0. The third-order valence-electron chi connectivity index (χ3n) is 4.45. The fourth-order valence-corrected chi connectivity index (χ4v) is 3.20. The lowest BCUT2D eigenvalue weighted by Crippen LogP contribution is -2.30. The van der Waals surface area contributed by atoms with Crippen LogP contribution in [0.2, 0.25) is 5.02 Å². The summed E-state index contributed by atoms with van der Waals surface area (Å²) in [7, 11) is 3.60. The van der Waals surface area contributed by atoms with E-state index in [4.69, 9.17) is 16.3 Å². The van der Waals surface area contributed by atoms with E-state index >= 15 is 0 Å². The Hall–Kier alpha value is -2.56. The van der Waals surface area contributed by atoms with Gasteiger partial charge in [-0.1, -0.05) is 35.9 Å². The first-order valence-corrected chi connectivity index (χ1v) is 9.13. The molecule has 27 heavy (non-hydrogen) atoms. The van der Waals surface area contributed by atoms with Crippen molar-refractivity contribution in [3.05, 3.63) is 70.7 Å². The van der Waals surface area contributed by atoms with Gasteiger partial charge in [-0.25, -0.2) is 0 Å². The molecule has 1 amide bonds. The summed E-state index contributed by atoms with van der Waals surface area (Å²) in [5, 5.41) is 5.83. The minimum atomic E-state index is -0.0617. The second-order valence-corrected chi connectivity index (χ2v) is 7.16. The standard InChI is InChI=1S/C22H23ClN2O2/c1-15-4-8-19(23)12-21(15)24-22(26)14-25(2)13-16-5-6-18-11-20(27-3)9-7-17(18)10-16/h4-12H,13-14H2,1-3H3,(H,24,26). The molecule has 0 atom stereocenters. The van der Waals surface area contributed by atoms with Gasteiger partial charge in [0, 0.05) is 17.3 Å². The molecule has 0 saturated heterocycles. The van der Waals surface area contributed by atoms with E-state index in [9.17, 15) is 4.79 Å². The van der Waals surface area contributed by atoms with Crippen molar-refractivity contribution in [2.45, 2.75) is 13.5 Å². The van der Waals surface area contributed by atoms with Gasteiger partial charge in [-0.2, -0.15) is 0 Å². The van der Waals surface area contributed by atoms with E-state index in [2.05, 4.69) is 23.5 Å². The molecule has 3 rings (SSSR count). The molecule has 0 bridgehead atoms. The first-order chi connectivity index (χ1) is 12.9. The number of rotatable bonds is 6. The Morgan fingerprint density at radius 2 is 1.81 bits per heavy atom. The number of hydrogen-bond donors (Lipinski definition) is 1. The third kappa shape index (κ3) is 5.00. The molecule has 0 saturated carbocycles. The van der Waals surface area contributed by atoms with Gasteiger partial charge in [0.25, 0.3) is 0 Å². The minimum Gasteiger partial charge on any atom is -0.497 e. The van der Waals surface area contributed by atoms with Crippen LogP contribution in [0.4, 0.5) is 5.69 Å². The zero-order valence-corrected chi connectivity index (χ0v) is 16.5. The molecule has 5 heteroatoms. The van der Waals surface area contributed by atoms with E-state index in [-0.39, 0.29) is 5.91 Å². The van der Waals surface area contributed by atoms with Crippen LogP contribution < -0.4 is 10.1 Å². The SMILES string of the molecule is COc1ccc2cc(CN(C)CC(=O)Nc3cc(Cl)ccc3C)ccc2c1. The average molecular weight is 383 g/mol. The number of nitrogens with one attached hydrogen (secondary N) is 1. The van der Waals surface area contributed by atoms with E-state index in [0.29, 0.717) is 18.1 Å². The largest absolute Gasteiger partial charge is 0.497 e. The quantitative estimate of drug-likeness (QED) is 0.660. The molecule has 0 spiro atoms. The van der Waals surface area contributed by atoms with Gasteiger partial charge in [-0.05, 0) is 66.2 Å². The number of carbonyl (C=O) groups is 1. The Morgan fingerprint density at radius 3 is 2.59 bits per heavy atom. The van der Waals surface area contributed by atoms with Crippen molar-refractivity contribution in [2.24, 2.45) is 0 Å². The predicted molar refractivity (Wildman–Crippen MR) is 112 cm³/mol. The second-order valence-electron chi connectivity index (χ2n) is 6.73. The predicted octanol–water partition coefficient (Wildman–Crippen LogP) is 4.88. The van der Waals surface area contributed by atoms with Crippen LogP contribution in [0.5, 0.6) is 5.75 Å². The Bertz CT molecular complexity index is 972. The summed E-state index contributed by atoms with van der Waals surface area (Å²) in [6, 6.07) is 17.8. The lowest BCUT2D eigenvalue weighted by Gasteiger charge is -2.17. The number of nitrogens with zero attached hydrogens (tertiary/aromatic N) is 1. The van der Waals surface area contributed by atoms with Crippen LogP contribution in [0.25, 0.3) is 10.8 Å². The van der Waals surface area contributed by atoms with E-state index in [1.54, 1.807) is 13.2 Å². The maximum absolute atomic E-state index is 12.3. The van der Waals surface area contributed by atoms with E-state index < -0.39 is 0 Å². The third-order valence-corrected chi connectivity index (χ3v) is 4.69. The molecule has 0 fully saturated rings. The number of likely N-dealkylation sites (N-methyl/N-ethyl adjacent to an activating group) is 1. The molecule has 0 aromatic heterocycles. The number of hydrogen-bond acceptors (Lipinski definition) is 3. The lowest BCUT2D eigenvalue weighted by atomic mass is 10.1. The van der Waals surface area contributed by atoms with E-state index in [1.165, 1.54) is 0 Å². The van der Waals surface area contributed by atoms with Gasteiger partial charge in [-0.3, -0.25) is 9.69 Å². The Morgan fingerprint density at radius 1 is 1.07 bits per heavy atom. The number of halogens is 1. The van der Waals surface area contributed by atoms with Crippen LogP contribution in [0.15, 0.2) is 54.6 Å². The maximum atomic E-state index is 12.3. The van der Waals surface area contributed by atoms with Crippen molar-refractivity contribution in [3.8, 4) is 5.75 Å². The molecule has 140 valence electrons. The zero-order valence-electron chi connectivity index (χ0n) is 15.8. The van der Waals surface area contributed by atoms with Crippen molar-refractivity contribution in [2.75, 3.05) is 26.0 Å². The highest BCUT2D eigenvalue weighted by Crippen LogP contribution is 2.23. The molecule has 4 nitrogen and oxygen atoms in total. The van der Waals surface area contributed by atoms with Crippen molar-refractivity contribution in [1.82, 2.24) is 4.90 Å². The highest BCUT2D eigenvalue weighted by Gasteiger charge is 2.10. The first-order valence-electron chi connectivity index (χ1n) is 8.76. The van der Waals surface area contributed by atoms with Crippen LogP contribution >= 0.6 is 11.6 Å². The van der Waals surface area contributed by atoms with Gasteiger partial charge in [0.2, 0.25) is 5.91 Å². The highest BCUT2D eigenvalue weighted by molar-refractivity contribution is 6.31. The van der Waals surface area contributed by atoms with Crippen LogP contribution in [0.1, 0.15) is 11.1 Å². The molecule has 0 heterocycles. The molecule has 0 aliphatic rings. The number of methoxy groups -OCH3 is 1. The van der Waals surface area contributed by atoms with Crippen LogP contribution in [0.3, 0.4) is 0 Å². The summed E-state index contributed by atoms with van der Waals surface area (Å²) < 4.78 is 5.26. The summed E-state index contributed by atoms with van der Waals surface area (Å²) in [5.74, 6) is 0.786. The fourth-order valence-electron chi connectivity index (χ4n) is 3.03. The number of anilines is 1. The van der Waals surface area contributed by atoms with Gasteiger partial charge in [0.05, 0.1) is 13.7 Å². The number of carbonyl (C=O) groups excluding carboxylic acids is 1. The molecule has 0 aliphatic carbocycles. The van der Waals surface area contributed by atoms with Gasteiger partial charge >= 0.3 is 0 Å². The molecule has 3 aromatic carbocycles. The first kappa shape index (κ1) is 19.2. The van der Waals surface area contributed by atoms with Crippen molar-refractivity contribution in [3.63, 3.8) is 0 Å². The Labute approximate surface area is 164 Å². The smallest absolute Gasteiger partial charge is 0.238 e. The summed E-state index contributed by atoms with van der Waals surface area (Å²) in [6.07, 6.45) is 0. The van der Waals surface area contributed by atoms with Crippen molar-refractivity contribution < 1.29 is 9.53 Å². The number of fused-ring (bicyclic) bond motifs is 1. The maximum Gasteiger partial charge on any atom is 0.238 e. The summed E-state index contributed by atoms with van der Waals surface area (Å²) in [5.41, 5.74) is 2.89. The lowest BCUT2D eigenvalue weighted by molar-refractivity contribution is -0.117. The zero-order chi connectivity index (χ0) is 19.4. The van der Waals surface area contributed by atoms with Gasteiger partial charge in [-0.15, -0.1) is 0 Å². The Kier molecular flexibility index (Phi) is 5.99. The highest BCUT2D eigenvalue weighted by atomic mass is 35.5. The number of benzene rings is 3. The monoisotopic (exact) mass is 382 g/mol. The molecule has 0 unspecified atom stereocenters. The van der Waals surface area contributed by atoms with Gasteiger partial charge < -0.3 is 10.1 Å². The summed E-state index contributed by atoms with van der Waals surface area (Å²) in [6.45, 7) is 2.93.